The highest BCUT2D eigenvalue weighted by Gasteiger charge is 2.36. The molecule has 2 atom stereocenters. The fourth-order valence-electron chi connectivity index (χ4n) is 3.55. The van der Waals surface area contributed by atoms with Crippen molar-refractivity contribution < 1.29 is 24.1 Å². The molecule has 2 aliphatic rings. The Morgan fingerprint density at radius 2 is 1.90 bits per heavy atom. The third kappa shape index (κ3) is 5.27. The molecule has 0 bridgehead atoms. The lowest BCUT2D eigenvalue weighted by atomic mass is 10.1. The number of amides is 1. The number of fused-ring (bicyclic) bond motifs is 1. The molecule has 0 spiro atoms. The summed E-state index contributed by atoms with van der Waals surface area (Å²) in [6.07, 6.45) is -1.04. The van der Waals surface area contributed by atoms with Crippen molar-refractivity contribution >= 4 is 12.1 Å². The van der Waals surface area contributed by atoms with Crippen LogP contribution in [0.2, 0.25) is 0 Å². The van der Waals surface area contributed by atoms with Crippen LogP contribution in [0.25, 0.3) is 0 Å². The Kier molecular flexibility index (Phi) is 6.60. The molecule has 0 aromatic heterocycles. The molecule has 1 fully saturated rings. The maximum absolute atomic E-state index is 12.3. The molecule has 3 rings (SSSR count). The van der Waals surface area contributed by atoms with Gasteiger partial charge in [0.25, 0.3) is 0 Å². The molecule has 9 heteroatoms. The lowest BCUT2D eigenvalue weighted by molar-refractivity contribution is 0.0137. The van der Waals surface area contributed by atoms with E-state index in [1.807, 2.05) is 20.8 Å². The van der Waals surface area contributed by atoms with Crippen molar-refractivity contribution in [3.05, 3.63) is 23.8 Å². The quantitative estimate of drug-likeness (QED) is 0.747. The average molecular weight is 421 g/mol. The molecule has 166 valence electrons. The van der Waals surface area contributed by atoms with E-state index >= 15 is 0 Å². The number of nitrogens with zero attached hydrogens (tertiary/aromatic N) is 3. The summed E-state index contributed by atoms with van der Waals surface area (Å²) in [6.45, 7) is 8.31. The Labute approximate surface area is 177 Å². The maximum atomic E-state index is 12.3. The summed E-state index contributed by atoms with van der Waals surface area (Å²) in [5.74, 6) is 2.00. The van der Waals surface area contributed by atoms with Gasteiger partial charge in [-0.2, -0.15) is 0 Å². The van der Waals surface area contributed by atoms with E-state index in [1.54, 1.807) is 37.3 Å². The van der Waals surface area contributed by atoms with E-state index in [2.05, 4.69) is 15.2 Å². The minimum absolute atomic E-state index is 0.114. The fraction of sp³-hybridized carbons (Fsp3) is 0.619. The van der Waals surface area contributed by atoms with E-state index in [-0.39, 0.29) is 12.1 Å². The number of hydrogen-bond donors (Lipinski definition) is 2. The summed E-state index contributed by atoms with van der Waals surface area (Å²) in [5, 5.41) is 13.9. The number of aliphatic hydroxyl groups is 1. The van der Waals surface area contributed by atoms with Crippen LogP contribution in [0.5, 0.6) is 11.5 Å². The van der Waals surface area contributed by atoms with Gasteiger partial charge in [0.1, 0.15) is 17.1 Å². The van der Waals surface area contributed by atoms with Gasteiger partial charge >= 0.3 is 6.09 Å². The first-order chi connectivity index (χ1) is 14.2. The molecule has 30 heavy (non-hydrogen) atoms. The summed E-state index contributed by atoms with van der Waals surface area (Å²) in [7, 11) is 3.15. The molecule has 0 aliphatic carbocycles. The number of guanidine groups is 1. The number of aliphatic hydroxyl groups excluding tert-OH is 1. The third-order valence-corrected chi connectivity index (χ3v) is 5.07. The fourth-order valence-corrected chi connectivity index (χ4v) is 3.55. The number of methoxy groups -OCH3 is 2. The van der Waals surface area contributed by atoms with Gasteiger partial charge in [0.15, 0.2) is 5.96 Å². The molecular formula is C21H32N4O5. The van der Waals surface area contributed by atoms with Crippen LogP contribution in [0.1, 0.15) is 32.4 Å². The molecule has 2 N–H and O–H groups in total. The van der Waals surface area contributed by atoms with Gasteiger partial charge in [-0.3, -0.25) is 4.99 Å². The SMILES string of the molecule is COc1cc(OC)cc(C(O)CNC2=NCC3CN(C(=O)OC(C)(C)C)CCN23)c1. The van der Waals surface area contributed by atoms with Crippen molar-refractivity contribution in [2.45, 2.75) is 38.5 Å². The minimum Gasteiger partial charge on any atom is -0.497 e. The van der Waals surface area contributed by atoms with Crippen LogP contribution in [0.4, 0.5) is 4.79 Å². The summed E-state index contributed by atoms with van der Waals surface area (Å²) in [6, 6.07) is 5.45. The van der Waals surface area contributed by atoms with Gasteiger partial charge in [-0.15, -0.1) is 0 Å². The van der Waals surface area contributed by atoms with Gasteiger partial charge in [0, 0.05) is 32.2 Å². The van der Waals surface area contributed by atoms with Gasteiger partial charge in [0.2, 0.25) is 0 Å². The number of benzene rings is 1. The summed E-state index contributed by atoms with van der Waals surface area (Å²) >= 11 is 0. The van der Waals surface area contributed by atoms with E-state index in [0.29, 0.717) is 49.8 Å². The molecule has 1 aromatic carbocycles. The monoisotopic (exact) mass is 420 g/mol. The topological polar surface area (TPSA) is 95.9 Å². The van der Waals surface area contributed by atoms with E-state index in [9.17, 15) is 9.90 Å². The van der Waals surface area contributed by atoms with Gasteiger partial charge in [-0.25, -0.2) is 4.79 Å². The Bertz CT molecular complexity index is 770. The number of rotatable bonds is 5. The van der Waals surface area contributed by atoms with Crippen LogP contribution in [-0.2, 0) is 4.74 Å². The first-order valence-corrected chi connectivity index (χ1v) is 10.1. The van der Waals surface area contributed by atoms with E-state index in [0.717, 1.165) is 5.96 Å². The second kappa shape index (κ2) is 8.99. The number of nitrogens with one attached hydrogen (secondary N) is 1. The maximum Gasteiger partial charge on any atom is 0.410 e. The molecule has 1 aromatic rings. The van der Waals surface area contributed by atoms with Gasteiger partial charge in [0.05, 0.1) is 32.9 Å². The Morgan fingerprint density at radius 3 is 2.50 bits per heavy atom. The van der Waals surface area contributed by atoms with Crippen molar-refractivity contribution in [2.75, 3.05) is 46.9 Å². The highest BCUT2D eigenvalue weighted by molar-refractivity contribution is 5.82. The predicted octanol–water partition coefficient (Wildman–Crippen LogP) is 1.62. The molecule has 0 saturated carbocycles. The number of carbonyl (C=O) groups excluding carboxylic acids is 1. The number of piperazine rings is 1. The molecule has 9 nitrogen and oxygen atoms in total. The summed E-state index contributed by atoms with van der Waals surface area (Å²) in [5.41, 5.74) is 0.190. The zero-order valence-corrected chi connectivity index (χ0v) is 18.3. The molecule has 1 amide bonds. The van der Waals surface area contributed by atoms with Crippen molar-refractivity contribution in [3.8, 4) is 11.5 Å². The highest BCUT2D eigenvalue weighted by Crippen LogP contribution is 2.26. The van der Waals surface area contributed by atoms with Gasteiger partial charge < -0.3 is 34.4 Å². The summed E-state index contributed by atoms with van der Waals surface area (Å²) < 4.78 is 16.0. The number of aliphatic imine (C=N–C) groups is 1. The van der Waals surface area contributed by atoms with E-state index < -0.39 is 11.7 Å². The van der Waals surface area contributed by atoms with Crippen molar-refractivity contribution in [1.82, 2.24) is 15.1 Å². The number of carbonyl (C=O) groups is 1. The van der Waals surface area contributed by atoms with Crippen molar-refractivity contribution in [3.63, 3.8) is 0 Å². The van der Waals surface area contributed by atoms with Crippen LogP contribution in [0.15, 0.2) is 23.2 Å². The van der Waals surface area contributed by atoms with Crippen LogP contribution in [-0.4, -0.2) is 85.5 Å². The smallest absolute Gasteiger partial charge is 0.410 e. The lowest BCUT2D eigenvalue weighted by Gasteiger charge is -2.39. The Balaban J connectivity index is 1.54. The van der Waals surface area contributed by atoms with Crippen LogP contribution in [0.3, 0.4) is 0 Å². The zero-order valence-electron chi connectivity index (χ0n) is 18.3. The molecule has 2 unspecified atom stereocenters. The van der Waals surface area contributed by atoms with Crippen molar-refractivity contribution in [1.29, 1.82) is 0 Å². The highest BCUT2D eigenvalue weighted by atomic mass is 16.6. The molecule has 2 heterocycles. The first kappa shape index (κ1) is 22.0. The van der Waals surface area contributed by atoms with Crippen LogP contribution in [0, 0.1) is 0 Å². The normalized spacial score (nSPS) is 19.7. The Hall–Kier alpha value is -2.68. The van der Waals surface area contributed by atoms with E-state index in [1.165, 1.54) is 0 Å². The zero-order chi connectivity index (χ0) is 21.9. The number of hydrogen-bond acceptors (Lipinski definition) is 8. The van der Waals surface area contributed by atoms with Gasteiger partial charge in [-0.05, 0) is 38.5 Å². The largest absolute Gasteiger partial charge is 0.497 e. The second-order valence-electron chi connectivity index (χ2n) is 8.48. The molecule has 1 saturated heterocycles. The second-order valence-corrected chi connectivity index (χ2v) is 8.48. The average Bonchev–Trinajstić information content (AvgIpc) is 3.12. The summed E-state index contributed by atoms with van der Waals surface area (Å²) in [4.78, 5) is 20.8. The minimum atomic E-state index is -0.751. The first-order valence-electron chi connectivity index (χ1n) is 10.1. The molecule has 2 aliphatic heterocycles. The van der Waals surface area contributed by atoms with E-state index in [4.69, 9.17) is 14.2 Å². The van der Waals surface area contributed by atoms with Crippen LogP contribution >= 0.6 is 0 Å². The van der Waals surface area contributed by atoms with Crippen molar-refractivity contribution in [2.24, 2.45) is 4.99 Å². The molecule has 0 radical (unpaired) electrons. The van der Waals surface area contributed by atoms with Crippen LogP contribution < -0.4 is 14.8 Å². The molecular weight excluding hydrogens is 388 g/mol. The lowest BCUT2D eigenvalue weighted by Crippen LogP contribution is -2.57. The Morgan fingerprint density at radius 1 is 1.23 bits per heavy atom. The predicted molar refractivity (Wildman–Crippen MR) is 113 cm³/mol. The number of ether oxygens (including phenoxy) is 3. The third-order valence-electron chi connectivity index (χ3n) is 5.07. The standard InChI is InChI=1S/C21H32N4O5/c1-21(2,3)30-20(27)24-6-7-25-15(13-24)11-22-19(25)23-12-18(26)14-8-16(28-4)10-17(9-14)29-5/h8-10,15,18,26H,6-7,11-13H2,1-5H3,(H,22,23). The van der Waals surface area contributed by atoms with Gasteiger partial charge in [-0.1, -0.05) is 0 Å².